The van der Waals surface area contributed by atoms with Gasteiger partial charge in [0.15, 0.2) is 5.82 Å². The fourth-order valence-corrected chi connectivity index (χ4v) is 3.29. The maximum Gasteiger partial charge on any atom is 0.225 e. The van der Waals surface area contributed by atoms with Crippen molar-refractivity contribution in [3.63, 3.8) is 0 Å². The van der Waals surface area contributed by atoms with Crippen LogP contribution in [-0.2, 0) is 4.74 Å². The number of aliphatic hydroxyl groups is 1. The highest BCUT2D eigenvalue weighted by Crippen LogP contribution is 2.41. The molecule has 2 saturated heterocycles. The highest BCUT2D eigenvalue weighted by molar-refractivity contribution is 5.33. The van der Waals surface area contributed by atoms with E-state index in [9.17, 15) is 9.50 Å². The van der Waals surface area contributed by atoms with Crippen LogP contribution in [0.15, 0.2) is 12.4 Å². The Bertz CT molecular complexity index is 448. The zero-order valence-corrected chi connectivity index (χ0v) is 11.5. The number of ether oxygens (including phenoxy) is 1. The van der Waals surface area contributed by atoms with E-state index < -0.39 is 5.82 Å². The minimum absolute atomic E-state index is 0.0222. The molecular weight excluding hydrogens is 261 g/mol. The summed E-state index contributed by atoms with van der Waals surface area (Å²) < 4.78 is 18.4. The normalized spacial score (nSPS) is 25.9. The van der Waals surface area contributed by atoms with E-state index >= 15 is 0 Å². The molecule has 0 saturated carbocycles. The molecule has 3 heterocycles. The summed E-state index contributed by atoms with van der Waals surface area (Å²) in [6.07, 6.45) is 6.44. The van der Waals surface area contributed by atoms with Crippen LogP contribution in [0, 0.1) is 11.2 Å². The van der Waals surface area contributed by atoms with Gasteiger partial charge in [-0.1, -0.05) is 0 Å². The first-order chi connectivity index (χ1) is 9.72. The third-order valence-corrected chi connectivity index (χ3v) is 4.58. The number of hydrogen-bond acceptors (Lipinski definition) is 5. The van der Waals surface area contributed by atoms with Gasteiger partial charge in [-0.25, -0.2) is 14.4 Å². The predicted molar refractivity (Wildman–Crippen MR) is 71.9 cm³/mol. The van der Waals surface area contributed by atoms with Gasteiger partial charge >= 0.3 is 0 Å². The fourth-order valence-electron chi connectivity index (χ4n) is 3.29. The van der Waals surface area contributed by atoms with Crippen molar-refractivity contribution in [1.29, 1.82) is 0 Å². The van der Waals surface area contributed by atoms with Crippen LogP contribution in [0.4, 0.5) is 10.3 Å². The van der Waals surface area contributed by atoms with Crippen molar-refractivity contribution in [3.05, 3.63) is 18.2 Å². The molecule has 0 bridgehead atoms. The van der Waals surface area contributed by atoms with E-state index in [0.29, 0.717) is 5.95 Å². The van der Waals surface area contributed by atoms with Gasteiger partial charge in [0.05, 0.1) is 25.0 Å². The van der Waals surface area contributed by atoms with E-state index in [1.807, 2.05) is 4.90 Å². The van der Waals surface area contributed by atoms with E-state index in [4.69, 9.17) is 4.74 Å². The maximum absolute atomic E-state index is 13.0. The van der Waals surface area contributed by atoms with Gasteiger partial charge in [-0.15, -0.1) is 0 Å². The summed E-state index contributed by atoms with van der Waals surface area (Å²) in [5, 5.41) is 9.57. The Hall–Kier alpha value is -1.27. The molecule has 20 heavy (non-hydrogen) atoms. The summed E-state index contributed by atoms with van der Waals surface area (Å²) in [7, 11) is 0. The van der Waals surface area contributed by atoms with Gasteiger partial charge in [0, 0.05) is 19.8 Å². The van der Waals surface area contributed by atoms with Crippen LogP contribution >= 0.6 is 0 Å². The maximum atomic E-state index is 13.0. The van der Waals surface area contributed by atoms with E-state index in [1.54, 1.807) is 0 Å². The average Bonchev–Trinajstić information content (AvgIpc) is 2.49. The third kappa shape index (κ3) is 2.62. The molecule has 0 aromatic carbocycles. The number of nitrogens with zero attached hydrogens (tertiary/aromatic N) is 3. The molecule has 3 rings (SSSR count). The van der Waals surface area contributed by atoms with Crippen molar-refractivity contribution in [3.8, 4) is 0 Å². The second kappa shape index (κ2) is 5.61. The van der Waals surface area contributed by atoms with Crippen molar-refractivity contribution in [2.45, 2.75) is 31.7 Å². The van der Waals surface area contributed by atoms with Crippen molar-refractivity contribution >= 4 is 5.95 Å². The number of anilines is 1. The topological polar surface area (TPSA) is 58.5 Å². The van der Waals surface area contributed by atoms with Gasteiger partial charge in [0.2, 0.25) is 5.95 Å². The SMILES string of the molecule is OCC1CCC2(CCOCC2)CN1c1ncc(F)cn1. The highest BCUT2D eigenvalue weighted by atomic mass is 19.1. The van der Waals surface area contributed by atoms with Crippen LogP contribution in [-0.4, -0.2) is 47.5 Å². The van der Waals surface area contributed by atoms with E-state index in [-0.39, 0.29) is 18.1 Å². The zero-order valence-electron chi connectivity index (χ0n) is 11.5. The molecule has 1 spiro atoms. The number of rotatable bonds is 2. The van der Waals surface area contributed by atoms with E-state index in [1.165, 1.54) is 12.4 Å². The number of piperidine rings is 1. The second-order valence-electron chi connectivity index (χ2n) is 5.82. The third-order valence-electron chi connectivity index (χ3n) is 4.58. The zero-order chi connectivity index (χ0) is 14.0. The molecular formula is C14H20FN3O2. The number of aromatic nitrogens is 2. The number of halogens is 1. The molecule has 6 heteroatoms. The van der Waals surface area contributed by atoms with Crippen LogP contribution in [0.25, 0.3) is 0 Å². The lowest BCUT2D eigenvalue weighted by Gasteiger charge is -2.48. The van der Waals surface area contributed by atoms with Crippen LogP contribution in [0.3, 0.4) is 0 Å². The Morgan fingerprint density at radius 2 is 2.00 bits per heavy atom. The summed E-state index contributed by atoms with van der Waals surface area (Å²) in [5.41, 5.74) is 0.224. The molecule has 2 aliphatic heterocycles. The molecule has 2 fully saturated rings. The van der Waals surface area contributed by atoms with Crippen LogP contribution in [0.5, 0.6) is 0 Å². The van der Waals surface area contributed by atoms with Crippen molar-refractivity contribution < 1.29 is 14.2 Å². The van der Waals surface area contributed by atoms with Gasteiger partial charge < -0.3 is 14.7 Å². The molecule has 5 nitrogen and oxygen atoms in total. The summed E-state index contributed by atoms with van der Waals surface area (Å²) in [5.74, 6) is 0.0723. The van der Waals surface area contributed by atoms with Crippen LogP contribution in [0.2, 0.25) is 0 Å². The molecule has 1 N–H and O–H groups in total. The van der Waals surface area contributed by atoms with Gasteiger partial charge in [0.25, 0.3) is 0 Å². The molecule has 1 atom stereocenters. The second-order valence-corrected chi connectivity index (χ2v) is 5.82. The van der Waals surface area contributed by atoms with E-state index in [2.05, 4.69) is 9.97 Å². The van der Waals surface area contributed by atoms with Crippen molar-refractivity contribution in [2.24, 2.45) is 5.41 Å². The summed E-state index contributed by atoms with van der Waals surface area (Å²) >= 11 is 0. The standard InChI is InChI=1S/C14H20FN3O2/c15-11-7-16-13(17-8-11)18-10-14(2-1-12(18)9-19)3-5-20-6-4-14/h7-8,12,19H,1-6,9-10H2. The Morgan fingerprint density at radius 3 is 2.65 bits per heavy atom. The molecule has 1 aromatic rings. The van der Waals surface area contributed by atoms with Crippen molar-refractivity contribution in [1.82, 2.24) is 9.97 Å². The molecule has 0 aliphatic carbocycles. The molecule has 110 valence electrons. The Labute approximate surface area is 117 Å². The van der Waals surface area contributed by atoms with Gasteiger partial charge in [-0.05, 0) is 31.1 Å². The lowest BCUT2D eigenvalue weighted by molar-refractivity contribution is 0.000666. The Kier molecular flexibility index (Phi) is 3.85. The summed E-state index contributed by atoms with van der Waals surface area (Å²) in [4.78, 5) is 10.2. The molecule has 0 radical (unpaired) electrons. The first kappa shape index (κ1) is 13.7. The molecule has 2 aliphatic rings. The first-order valence-corrected chi connectivity index (χ1v) is 7.15. The van der Waals surface area contributed by atoms with Gasteiger partial charge in [0.1, 0.15) is 0 Å². The molecule has 1 unspecified atom stereocenters. The minimum Gasteiger partial charge on any atom is -0.394 e. The van der Waals surface area contributed by atoms with Gasteiger partial charge in [-0.3, -0.25) is 0 Å². The first-order valence-electron chi connectivity index (χ1n) is 7.15. The Balaban J connectivity index is 1.82. The highest BCUT2D eigenvalue weighted by Gasteiger charge is 2.41. The van der Waals surface area contributed by atoms with Crippen LogP contribution in [0.1, 0.15) is 25.7 Å². The van der Waals surface area contributed by atoms with Crippen molar-refractivity contribution in [2.75, 3.05) is 31.3 Å². The monoisotopic (exact) mass is 281 g/mol. The lowest BCUT2D eigenvalue weighted by atomic mass is 9.72. The van der Waals surface area contributed by atoms with Gasteiger partial charge in [-0.2, -0.15) is 0 Å². The largest absolute Gasteiger partial charge is 0.394 e. The quantitative estimate of drug-likeness (QED) is 0.887. The molecule has 0 amide bonds. The smallest absolute Gasteiger partial charge is 0.225 e. The number of aliphatic hydroxyl groups excluding tert-OH is 1. The van der Waals surface area contributed by atoms with Crippen LogP contribution < -0.4 is 4.90 Å². The summed E-state index contributed by atoms with van der Waals surface area (Å²) in [6, 6.07) is 0.0222. The molecule has 1 aromatic heterocycles. The lowest BCUT2D eigenvalue weighted by Crippen LogP contribution is -2.52. The fraction of sp³-hybridized carbons (Fsp3) is 0.714. The minimum atomic E-state index is -0.438. The Morgan fingerprint density at radius 1 is 1.30 bits per heavy atom. The predicted octanol–water partition coefficient (Wildman–Crippen LogP) is 1.37. The summed E-state index contributed by atoms with van der Waals surface area (Å²) in [6.45, 7) is 2.48. The van der Waals surface area contributed by atoms with E-state index in [0.717, 1.165) is 45.4 Å². The number of hydrogen-bond donors (Lipinski definition) is 1. The average molecular weight is 281 g/mol.